The summed E-state index contributed by atoms with van der Waals surface area (Å²) in [6.07, 6.45) is -0.841. The third-order valence-corrected chi connectivity index (χ3v) is 4.63. The van der Waals surface area contributed by atoms with Crippen LogP contribution in [0.4, 0.5) is 0 Å². The van der Waals surface area contributed by atoms with Crippen molar-refractivity contribution in [2.45, 2.75) is 31.3 Å². The summed E-state index contributed by atoms with van der Waals surface area (Å²) in [5, 5.41) is 19.6. The molecule has 1 fully saturated rings. The summed E-state index contributed by atoms with van der Waals surface area (Å²) in [6.45, 7) is 1.06. The second-order valence-corrected chi connectivity index (χ2v) is 6.41. The molecule has 2 heterocycles. The molecule has 3 N–H and O–H groups in total. The molecule has 0 saturated carbocycles. The van der Waals surface area contributed by atoms with E-state index in [4.69, 9.17) is 21.7 Å². The van der Waals surface area contributed by atoms with Crippen molar-refractivity contribution in [3.63, 3.8) is 0 Å². The number of aliphatic hydroxyl groups is 2. The molecule has 1 aliphatic heterocycles. The lowest BCUT2D eigenvalue weighted by atomic mass is 10.1. The Bertz CT molecular complexity index is 925. The van der Waals surface area contributed by atoms with Crippen molar-refractivity contribution in [3.8, 4) is 5.75 Å². The van der Waals surface area contributed by atoms with Crippen molar-refractivity contribution in [1.82, 2.24) is 9.55 Å². The zero-order chi connectivity index (χ0) is 18.9. The van der Waals surface area contributed by atoms with E-state index in [9.17, 15) is 19.8 Å². The molecule has 1 saturated heterocycles. The Kier molecular flexibility index (Phi) is 5.05. The number of para-hydroxylation sites is 1. The number of hydrogen-bond acceptors (Lipinski definition) is 7. The molecule has 0 unspecified atom stereocenters. The van der Waals surface area contributed by atoms with Gasteiger partial charge in [0.05, 0.1) is 12.7 Å². The summed E-state index contributed by atoms with van der Waals surface area (Å²) in [5.41, 5.74) is -2.68. The fraction of sp³-hybridized carbons (Fsp3) is 0.353. The monoisotopic (exact) mass is 378 g/mol. The Balaban J connectivity index is 2.09. The van der Waals surface area contributed by atoms with Gasteiger partial charge in [0.2, 0.25) is 10.8 Å². The van der Waals surface area contributed by atoms with Gasteiger partial charge in [-0.15, -0.1) is 0 Å². The molecule has 8 nitrogen and oxygen atoms in total. The fourth-order valence-corrected chi connectivity index (χ4v) is 3.17. The van der Waals surface area contributed by atoms with Gasteiger partial charge in [-0.2, -0.15) is 0 Å². The SMILES string of the molecule is Cc1cn([C@@]2(C(=S)Oc3ccccc3)C[C@H](O)[C@@H](CO)O2)c(=O)[nH]c1=O. The fourth-order valence-electron chi connectivity index (χ4n) is 2.85. The third-order valence-electron chi connectivity index (χ3n) is 4.22. The average Bonchev–Trinajstić information content (AvgIpc) is 2.96. The first-order valence-corrected chi connectivity index (χ1v) is 8.35. The molecule has 1 aliphatic rings. The van der Waals surface area contributed by atoms with Crippen LogP contribution in [0.2, 0.25) is 0 Å². The Hall–Kier alpha value is -2.33. The number of benzene rings is 1. The Labute approximate surface area is 153 Å². The van der Waals surface area contributed by atoms with Gasteiger partial charge in [0, 0.05) is 18.2 Å². The van der Waals surface area contributed by atoms with Crippen LogP contribution >= 0.6 is 12.2 Å². The van der Waals surface area contributed by atoms with E-state index >= 15 is 0 Å². The molecule has 3 rings (SSSR count). The second kappa shape index (κ2) is 7.12. The van der Waals surface area contributed by atoms with Gasteiger partial charge in [-0.3, -0.25) is 14.3 Å². The lowest BCUT2D eigenvalue weighted by Crippen LogP contribution is -2.51. The highest BCUT2D eigenvalue weighted by Gasteiger charge is 2.52. The molecule has 138 valence electrons. The van der Waals surface area contributed by atoms with E-state index in [-0.39, 0.29) is 17.0 Å². The highest BCUT2D eigenvalue weighted by atomic mass is 32.1. The first kappa shape index (κ1) is 18.5. The average molecular weight is 378 g/mol. The molecule has 0 aliphatic carbocycles. The first-order valence-electron chi connectivity index (χ1n) is 7.94. The minimum absolute atomic E-state index is 0.116. The van der Waals surface area contributed by atoms with Gasteiger partial charge in [-0.05, 0) is 31.3 Å². The minimum atomic E-state index is -1.65. The van der Waals surface area contributed by atoms with Crippen LogP contribution < -0.4 is 16.0 Å². The first-order chi connectivity index (χ1) is 12.4. The molecule has 3 atom stereocenters. The topological polar surface area (TPSA) is 114 Å². The van der Waals surface area contributed by atoms with E-state index in [2.05, 4.69) is 4.98 Å². The van der Waals surface area contributed by atoms with Crippen molar-refractivity contribution in [3.05, 3.63) is 62.9 Å². The molecule has 2 aromatic rings. The maximum Gasteiger partial charge on any atom is 0.331 e. The highest BCUT2D eigenvalue weighted by Crippen LogP contribution is 2.36. The largest absolute Gasteiger partial charge is 0.445 e. The van der Waals surface area contributed by atoms with Crippen molar-refractivity contribution in [1.29, 1.82) is 0 Å². The van der Waals surface area contributed by atoms with E-state index in [0.717, 1.165) is 4.57 Å². The van der Waals surface area contributed by atoms with E-state index < -0.39 is 35.8 Å². The molecule has 0 radical (unpaired) electrons. The summed E-state index contributed by atoms with van der Waals surface area (Å²) in [4.78, 5) is 26.3. The van der Waals surface area contributed by atoms with Crippen LogP contribution in [0.3, 0.4) is 0 Å². The number of thiocarbonyl (C=S) groups is 1. The number of aliphatic hydroxyl groups excluding tert-OH is 2. The maximum atomic E-state index is 12.4. The molecule has 0 amide bonds. The predicted octanol–water partition coefficient (Wildman–Crippen LogP) is 0.0463. The standard InChI is InChI=1S/C17H18N2O6S/c1-10-8-19(16(23)18-14(10)22)17(7-12(21)13(9-20)25-17)15(26)24-11-5-3-2-4-6-11/h2-6,8,12-13,20-21H,7,9H2,1H3,(H,18,22,23)/t12-,13+,17-/m0/s1. The van der Waals surface area contributed by atoms with E-state index in [1.165, 1.54) is 13.1 Å². The molecule has 1 aromatic heterocycles. The number of aromatic nitrogens is 2. The number of nitrogens with zero attached hydrogens (tertiary/aromatic N) is 1. The normalized spacial score (nSPS) is 25.2. The maximum absolute atomic E-state index is 12.4. The molecular weight excluding hydrogens is 360 g/mol. The Morgan fingerprint density at radius 2 is 2.12 bits per heavy atom. The predicted molar refractivity (Wildman–Crippen MR) is 96.3 cm³/mol. The van der Waals surface area contributed by atoms with Gasteiger partial charge < -0.3 is 19.7 Å². The summed E-state index contributed by atoms with van der Waals surface area (Å²) in [5.74, 6) is 0.427. The van der Waals surface area contributed by atoms with Gasteiger partial charge in [0.1, 0.15) is 11.9 Å². The van der Waals surface area contributed by atoms with Gasteiger partial charge in [-0.1, -0.05) is 18.2 Å². The summed E-state index contributed by atoms with van der Waals surface area (Å²) >= 11 is 5.39. The van der Waals surface area contributed by atoms with Gasteiger partial charge >= 0.3 is 5.69 Å². The van der Waals surface area contributed by atoms with Crippen LogP contribution in [0.25, 0.3) is 0 Å². The number of aromatic amines is 1. The number of aryl methyl sites for hydroxylation is 1. The Morgan fingerprint density at radius 1 is 1.42 bits per heavy atom. The van der Waals surface area contributed by atoms with Crippen LogP contribution in [0.1, 0.15) is 12.0 Å². The van der Waals surface area contributed by atoms with Gasteiger partial charge in [0.15, 0.2) is 0 Å². The van der Waals surface area contributed by atoms with Crippen LogP contribution in [-0.4, -0.2) is 43.6 Å². The zero-order valence-electron chi connectivity index (χ0n) is 13.9. The van der Waals surface area contributed by atoms with Crippen molar-refractivity contribution in [2.24, 2.45) is 0 Å². The molecule has 1 aromatic carbocycles. The molecular formula is C17H18N2O6S. The van der Waals surface area contributed by atoms with E-state index in [1.807, 2.05) is 0 Å². The Morgan fingerprint density at radius 3 is 2.73 bits per heavy atom. The van der Waals surface area contributed by atoms with Crippen LogP contribution in [0.15, 0.2) is 46.1 Å². The molecule has 0 spiro atoms. The van der Waals surface area contributed by atoms with Crippen LogP contribution in [0.5, 0.6) is 5.75 Å². The summed E-state index contributed by atoms with van der Waals surface area (Å²) in [7, 11) is 0. The third kappa shape index (κ3) is 3.21. The zero-order valence-corrected chi connectivity index (χ0v) is 14.7. The van der Waals surface area contributed by atoms with Crippen LogP contribution in [0, 0.1) is 6.92 Å². The lowest BCUT2D eigenvalue weighted by Gasteiger charge is -2.31. The lowest BCUT2D eigenvalue weighted by molar-refractivity contribution is -0.0824. The number of ether oxygens (including phenoxy) is 2. The number of H-pyrrole nitrogens is 1. The number of rotatable bonds is 4. The molecule has 9 heteroatoms. The van der Waals surface area contributed by atoms with Crippen LogP contribution in [-0.2, 0) is 10.5 Å². The smallest absolute Gasteiger partial charge is 0.331 e. The quantitative estimate of drug-likeness (QED) is 0.644. The van der Waals surface area contributed by atoms with E-state index in [0.29, 0.717) is 5.75 Å². The highest BCUT2D eigenvalue weighted by molar-refractivity contribution is 7.80. The molecule has 26 heavy (non-hydrogen) atoms. The van der Waals surface area contributed by atoms with Crippen molar-refractivity contribution < 1.29 is 19.7 Å². The van der Waals surface area contributed by atoms with Gasteiger partial charge in [0.25, 0.3) is 5.56 Å². The number of hydrogen-bond donors (Lipinski definition) is 3. The summed E-state index contributed by atoms with van der Waals surface area (Å²) in [6, 6.07) is 8.66. The van der Waals surface area contributed by atoms with Crippen molar-refractivity contribution in [2.75, 3.05) is 6.61 Å². The van der Waals surface area contributed by atoms with Crippen molar-refractivity contribution >= 4 is 17.3 Å². The summed E-state index contributed by atoms with van der Waals surface area (Å²) < 4.78 is 12.6. The van der Waals surface area contributed by atoms with Gasteiger partial charge in [-0.25, -0.2) is 4.79 Å². The number of nitrogens with one attached hydrogen (secondary N) is 1. The minimum Gasteiger partial charge on any atom is -0.445 e. The van der Waals surface area contributed by atoms with E-state index in [1.54, 1.807) is 30.3 Å². The second-order valence-electron chi connectivity index (χ2n) is 6.04. The molecule has 0 bridgehead atoms.